The summed E-state index contributed by atoms with van der Waals surface area (Å²) in [5.41, 5.74) is 1.56. The molecule has 168 valence electrons. The third kappa shape index (κ3) is 6.57. The molecule has 1 aromatic heterocycles. The predicted octanol–water partition coefficient (Wildman–Crippen LogP) is 5.45. The minimum atomic E-state index is -4.77. The first kappa shape index (κ1) is 22.8. The standard InChI is InChI=1S/C22H25F4N3O2/c1-21(2,3)12-19(30)28-20-16(23)11-18-17(27-20)8-5-9-29(18)13-14-6-4-7-15(10-14)31-22(24,25)26/h4,6-7,10-11H,5,8-9,12-13H2,1-3H3,(H,27,28,30). The van der Waals surface area contributed by atoms with Crippen molar-refractivity contribution in [3.8, 4) is 5.75 Å². The number of pyridine rings is 1. The third-order valence-electron chi connectivity index (χ3n) is 4.67. The lowest BCUT2D eigenvalue weighted by Gasteiger charge is -2.31. The Morgan fingerprint density at radius 3 is 2.65 bits per heavy atom. The second kappa shape index (κ2) is 8.72. The molecule has 1 aliphatic rings. The topological polar surface area (TPSA) is 54.5 Å². The average Bonchev–Trinajstić information content (AvgIpc) is 2.60. The van der Waals surface area contributed by atoms with Gasteiger partial charge in [-0.05, 0) is 36.0 Å². The zero-order valence-corrected chi connectivity index (χ0v) is 17.6. The average molecular weight is 439 g/mol. The number of anilines is 2. The van der Waals surface area contributed by atoms with Crippen LogP contribution in [0.4, 0.5) is 29.1 Å². The molecule has 3 rings (SSSR count). The molecule has 0 atom stereocenters. The maximum atomic E-state index is 14.7. The van der Waals surface area contributed by atoms with Crippen LogP contribution in [0.1, 0.15) is 44.9 Å². The Hall–Kier alpha value is -2.84. The zero-order valence-electron chi connectivity index (χ0n) is 17.6. The number of nitrogens with one attached hydrogen (secondary N) is 1. The van der Waals surface area contributed by atoms with E-state index >= 15 is 0 Å². The van der Waals surface area contributed by atoms with Crippen LogP contribution in [0.3, 0.4) is 0 Å². The first-order chi connectivity index (χ1) is 14.4. The van der Waals surface area contributed by atoms with E-state index in [1.54, 1.807) is 6.07 Å². The monoisotopic (exact) mass is 439 g/mol. The minimum absolute atomic E-state index is 0.101. The van der Waals surface area contributed by atoms with Gasteiger partial charge in [0.2, 0.25) is 5.91 Å². The fraction of sp³-hybridized carbons (Fsp3) is 0.455. The van der Waals surface area contributed by atoms with E-state index in [2.05, 4.69) is 15.0 Å². The SMILES string of the molecule is CC(C)(C)CC(=O)Nc1nc2c(cc1F)N(Cc1cccc(OC(F)(F)F)c1)CCC2. The number of hydrogen-bond acceptors (Lipinski definition) is 4. The summed E-state index contributed by atoms with van der Waals surface area (Å²) in [4.78, 5) is 18.3. The number of alkyl halides is 3. The van der Waals surface area contributed by atoms with Crippen molar-refractivity contribution < 1.29 is 27.1 Å². The number of rotatable bonds is 5. The highest BCUT2D eigenvalue weighted by Crippen LogP contribution is 2.32. The summed E-state index contributed by atoms with van der Waals surface area (Å²) >= 11 is 0. The van der Waals surface area contributed by atoms with Crippen LogP contribution >= 0.6 is 0 Å². The number of aryl methyl sites for hydroxylation is 1. The Morgan fingerprint density at radius 2 is 1.97 bits per heavy atom. The second-order valence-electron chi connectivity index (χ2n) is 8.79. The molecule has 1 aliphatic heterocycles. The zero-order chi connectivity index (χ0) is 22.8. The first-order valence-electron chi connectivity index (χ1n) is 9.98. The fourth-order valence-electron chi connectivity index (χ4n) is 3.50. The molecule has 1 aromatic carbocycles. The molecular formula is C22H25F4N3O2. The van der Waals surface area contributed by atoms with E-state index in [4.69, 9.17) is 0 Å². The third-order valence-corrected chi connectivity index (χ3v) is 4.67. The quantitative estimate of drug-likeness (QED) is 0.630. The van der Waals surface area contributed by atoms with Crippen molar-refractivity contribution in [1.29, 1.82) is 0 Å². The molecule has 0 radical (unpaired) electrons. The summed E-state index contributed by atoms with van der Waals surface area (Å²) in [6.07, 6.45) is -3.17. The van der Waals surface area contributed by atoms with Crippen LogP contribution in [-0.4, -0.2) is 23.8 Å². The van der Waals surface area contributed by atoms with Crippen molar-refractivity contribution in [2.45, 2.75) is 52.9 Å². The van der Waals surface area contributed by atoms with Crippen LogP contribution in [0.15, 0.2) is 30.3 Å². The van der Waals surface area contributed by atoms with Gasteiger partial charge in [0, 0.05) is 25.6 Å². The smallest absolute Gasteiger partial charge is 0.406 e. The van der Waals surface area contributed by atoms with Gasteiger partial charge in [-0.1, -0.05) is 32.9 Å². The van der Waals surface area contributed by atoms with E-state index in [1.165, 1.54) is 24.3 Å². The van der Waals surface area contributed by atoms with Gasteiger partial charge in [-0.25, -0.2) is 9.37 Å². The number of halogens is 4. The van der Waals surface area contributed by atoms with Crippen molar-refractivity contribution in [3.63, 3.8) is 0 Å². The number of benzene rings is 1. The van der Waals surface area contributed by atoms with E-state index in [0.29, 0.717) is 29.9 Å². The lowest BCUT2D eigenvalue weighted by molar-refractivity contribution is -0.274. The van der Waals surface area contributed by atoms with Crippen molar-refractivity contribution >= 4 is 17.4 Å². The number of fused-ring (bicyclic) bond motifs is 1. The molecule has 5 nitrogen and oxygen atoms in total. The Morgan fingerprint density at radius 1 is 1.23 bits per heavy atom. The summed E-state index contributed by atoms with van der Waals surface area (Å²) in [5, 5.41) is 2.54. The van der Waals surface area contributed by atoms with Gasteiger partial charge in [-0.2, -0.15) is 0 Å². The van der Waals surface area contributed by atoms with Crippen LogP contribution in [0.5, 0.6) is 5.75 Å². The molecule has 0 bridgehead atoms. The number of hydrogen-bond donors (Lipinski definition) is 1. The summed E-state index contributed by atoms with van der Waals surface area (Å²) in [5.74, 6) is -1.37. The molecule has 0 spiro atoms. The van der Waals surface area contributed by atoms with Gasteiger partial charge in [-0.15, -0.1) is 13.2 Å². The van der Waals surface area contributed by atoms with Gasteiger partial charge < -0.3 is 15.0 Å². The minimum Gasteiger partial charge on any atom is -0.406 e. The maximum Gasteiger partial charge on any atom is 0.573 e. The highest BCUT2D eigenvalue weighted by molar-refractivity contribution is 5.90. The van der Waals surface area contributed by atoms with Crippen molar-refractivity contribution in [3.05, 3.63) is 47.4 Å². The molecule has 9 heteroatoms. The molecule has 1 N–H and O–H groups in total. The molecule has 1 amide bonds. The second-order valence-corrected chi connectivity index (χ2v) is 8.79. The molecule has 2 aromatic rings. The summed E-state index contributed by atoms with van der Waals surface area (Å²) in [7, 11) is 0. The number of carbonyl (C=O) groups is 1. The molecule has 2 heterocycles. The molecule has 0 fully saturated rings. The van der Waals surface area contributed by atoms with E-state index in [0.717, 1.165) is 6.42 Å². The molecule has 0 unspecified atom stereocenters. The van der Waals surface area contributed by atoms with Crippen molar-refractivity contribution in [2.24, 2.45) is 5.41 Å². The molecular weight excluding hydrogens is 414 g/mol. The van der Waals surface area contributed by atoms with Gasteiger partial charge in [0.25, 0.3) is 0 Å². The van der Waals surface area contributed by atoms with Crippen LogP contribution in [0, 0.1) is 11.2 Å². The van der Waals surface area contributed by atoms with Gasteiger partial charge in [0.05, 0.1) is 11.4 Å². The van der Waals surface area contributed by atoms with Gasteiger partial charge in [-0.3, -0.25) is 4.79 Å². The number of aromatic nitrogens is 1. The molecule has 31 heavy (non-hydrogen) atoms. The van der Waals surface area contributed by atoms with E-state index in [9.17, 15) is 22.4 Å². The highest BCUT2D eigenvalue weighted by atomic mass is 19.4. The number of amides is 1. The summed E-state index contributed by atoms with van der Waals surface area (Å²) < 4.78 is 56.1. The van der Waals surface area contributed by atoms with Gasteiger partial charge >= 0.3 is 6.36 Å². The Labute approximate surface area is 178 Å². The number of carbonyl (C=O) groups excluding carboxylic acids is 1. The molecule has 0 aliphatic carbocycles. The lowest BCUT2D eigenvalue weighted by atomic mass is 9.92. The number of ether oxygens (including phenoxy) is 1. The first-order valence-corrected chi connectivity index (χ1v) is 9.98. The Kier molecular flexibility index (Phi) is 6.43. The van der Waals surface area contributed by atoms with Gasteiger partial charge in [0.15, 0.2) is 11.6 Å². The molecule has 0 saturated carbocycles. The number of nitrogens with zero attached hydrogens (tertiary/aromatic N) is 2. The summed E-state index contributed by atoms with van der Waals surface area (Å²) in [6.45, 7) is 6.62. The fourth-order valence-corrected chi connectivity index (χ4v) is 3.50. The largest absolute Gasteiger partial charge is 0.573 e. The Bertz CT molecular complexity index is 955. The normalized spacial score (nSPS) is 14.2. The van der Waals surface area contributed by atoms with E-state index in [1.807, 2.05) is 25.7 Å². The predicted molar refractivity (Wildman–Crippen MR) is 109 cm³/mol. The molecule has 0 saturated heterocycles. The summed E-state index contributed by atoms with van der Waals surface area (Å²) in [6, 6.07) is 7.03. The van der Waals surface area contributed by atoms with E-state index in [-0.39, 0.29) is 35.9 Å². The van der Waals surface area contributed by atoms with E-state index < -0.39 is 12.2 Å². The lowest BCUT2D eigenvalue weighted by Crippen LogP contribution is -2.30. The Balaban J connectivity index is 1.78. The van der Waals surface area contributed by atoms with Crippen molar-refractivity contribution in [2.75, 3.05) is 16.8 Å². The van der Waals surface area contributed by atoms with Crippen LogP contribution in [0.2, 0.25) is 0 Å². The van der Waals surface area contributed by atoms with Crippen LogP contribution < -0.4 is 15.0 Å². The van der Waals surface area contributed by atoms with Crippen molar-refractivity contribution in [1.82, 2.24) is 4.98 Å². The van der Waals surface area contributed by atoms with Crippen LogP contribution in [-0.2, 0) is 17.8 Å². The van der Waals surface area contributed by atoms with Crippen LogP contribution in [0.25, 0.3) is 0 Å². The maximum absolute atomic E-state index is 14.7. The highest BCUT2D eigenvalue weighted by Gasteiger charge is 2.31. The van der Waals surface area contributed by atoms with Gasteiger partial charge in [0.1, 0.15) is 5.75 Å².